The summed E-state index contributed by atoms with van der Waals surface area (Å²) >= 11 is 0. The first kappa shape index (κ1) is 30.9. The van der Waals surface area contributed by atoms with Crippen molar-refractivity contribution < 1.29 is 50.5 Å². The Morgan fingerprint density at radius 1 is 1.02 bits per heavy atom. The Morgan fingerprint density at radius 2 is 1.71 bits per heavy atom. The van der Waals surface area contributed by atoms with E-state index in [2.05, 4.69) is 9.72 Å². The summed E-state index contributed by atoms with van der Waals surface area (Å²) in [5.41, 5.74) is 0.449. The first-order chi connectivity index (χ1) is 19.2. The monoisotopic (exact) mass is 582 g/mol. The summed E-state index contributed by atoms with van der Waals surface area (Å²) in [5.74, 6) is -0.620. The minimum absolute atomic E-state index is 0.0694. The largest absolute Gasteiger partial charge is 0.573 e. The molecule has 0 bridgehead atoms. The number of carbonyl (C=O) groups is 1. The minimum Gasteiger partial charge on any atom is -0.487 e. The molecule has 0 unspecified atom stereocenters. The van der Waals surface area contributed by atoms with Gasteiger partial charge >= 0.3 is 18.5 Å². The lowest BCUT2D eigenvalue weighted by molar-refractivity contribution is -0.274. The summed E-state index contributed by atoms with van der Waals surface area (Å²) in [5, 5.41) is 8.77. The lowest BCUT2D eigenvalue weighted by atomic mass is 10.2. The van der Waals surface area contributed by atoms with Crippen molar-refractivity contribution >= 4 is 12.0 Å². The van der Waals surface area contributed by atoms with E-state index < -0.39 is 36.4 Å². The van der Waals surface area contributed by atoms with Crippen LogP contribution in [0.5, 0.6) is 17.2 Å². The maximum atomic E-state index is 13.2. The van der Waals surface area contributed by atoms with Crippen LogP contribution < -0.4 is 14.2 Å². The molecule has 2 aromatic carbocycles. The molecule has 41 heavy (non-hydrogen) atoms. The number of allylic oxidation sites excluding steroid dienone is 5. The van der Waals surface area contributed by atoms with Crippen molar-refractivity contribution in [3.63, 3.8) is 0 Å². The molecule has 1 heterocycles. The van der Waals surface area contributed by atoms with E-state index in [1.807, 2.05) is 0 Å². The van der Waals surface area contributed by atoms with Crippen molar-refractivity contribution in [2.45, 2.75) is 33.0 Å². The molecule has 3 aromatic rings. The van der Waals surface area contributed by atoms with Gasteiger partial charge in [-0.05, 0) is 74.0 Å². The Morgan fingerprint density at radius 3 is 2.29 bits per heavy atom. The molecule has 0 atom stereocenters. The third kappa shape index (κ3) is 9.48. The summed E-state index contributed by atoms with van der Waals surface area (Å²) in [6, 6.07) is 9.58. The van der Waals surface area contributed by atoms with Crippen molar-refractivity contribution in [3.05, 3.63) is 95.6 Å². The van der Waals surface area contributed by atoms with E-state index in [0.29, 0.717) is 28.4 Å². The second kappa shape index (κ2) is 13.1. The van der Waals surface area contributed by atoms with Gasteiger partial charge in [-0.3, -0.25) is 4.57 Å². The number of alkyl halides is 6. The summed E-state index contributed by atoms with van der Waals surface area (Å²) in [6.45, 7) is 2.57. The van der Waals surface area contributed by atoms with Gasteiger partial charge in [0.1, 0.15) is 29.7 Å². The van der Waals surface area contributed by atoms with Crippen LogP contribution in [-0.2, 0) is 11.4 Å². The fourth-order valence-corrected chi connectivity index (χ4v) is 3.48. The smallest absolute Gasteiger partial charge is 0.487 e. The fourth-order valence-electron chi connectivity index (χ4n) is 3.48. The van der Waals surface area contributed by atoms with E-state index in [-0.39, 0.29) is 12.4 Å². The Hall–Kier alpha value is -4.68. The average molecular weight is 582 g/mol. The molecule has 218 valence electrons. The molecule has 0 saturated carbocycles. The van der Waals surface area contributed by atoms with Gasteiger partial charge in [-0.25, -0.2) is 9.78 Å². The van der Waals surface area contributed by atoms with Crippen molar-refractivity contribution in [1.29, 1.82) is 0 Å². The van der Waals surface area contributed by atoms with Crippen LogP contribution in [0.15, 0.2) is 78.5 Å². The predicted molar refractivity (Wildman–Crippen MR) is 137 cm³/mol. The Kier molecular flexibility index (Phi) is 9.87. The van der Waals surface area contributed by atoms with Crippen molar-refractivity contribution in [2.75, 3.05) is 6.61 Å². The quantitative estimate of drug-likeness (QED) is 0.190. The molecular weight excluding hydrogens is 558 g/mol. The van der Waals surface area contributed by atoms with Gasteiger partial charge in [0.15, 0.2) is 6.61 Å². The molecule has 0 aliphatic carbocycles. The molecule has 0 aliphatic rings. The van der Waals surface area contributed by atoms with Crippen LogP contribution in [0.25, 0.3) is 11.8 Å². The third-order valence-electron chi connectivity index (χ3n) is 5.21. The highest BCUT2D eigenvalue weighted by molar-refractivity contribution is 5.68. The van der Waals surface area contributed by atoms with Gasteiger partial charge in [-0.1, -0.05) is 18.2 Å². The number of hydrogen-bond acceptors (Lipinski definition) is 5. The van der Waals surface area contributed by atoms with E-state index in [4.69, 9.17) is 14.6 Å². The van der Waals surface area contributed by atoms with Crippen LogP contribution in [0, 0.1) is 6.92 Å². The van der Waals surface area contributed by atoms with Gasteiger partial charge in [0.2, 0.25) is 0 Å². The van der Waals surface area contributed by atoms with E-state index in [1.165, 1.54) is 42.0 Å². The van der Waals surface area contributed by atoms with E-state index in [9.17, 15) is 31.1 Å². The number of imidazole rings is 1. The van der Waals surface area contributed by atoms with Gasteiger partial charge < -0.3 is 19.3 Å². The molecule has 13 heteroatoms. The third-order valence-corrected chi connectivity index (χ3v) is 5.21. The van der Waals surface area contributed by atoms with Gasteiger partial charge in [0.05, 0.1) is 11.3 Å². The van der Waals surface area contributed by atoms with Crippen LogP contribution in [0.4, 0.5) is 26.3 Å². The number of nitrogens with zero attached hydrogens (tertiary/aromatic N) is 2. The normalized spacial score (nSPS) is 12.7. The SMILES string of the molecule is C\C=C/C(=C\C=C\c1nc(COc2ccc(OCC(=O)O)c(C)c2)cn1-c1ccc(OC(F)(F)F)cc1)C(F)(F)F. The Labute approximate surface area is 230 Å². The zero-order valence-electron chi connectivity index (χ0n) is 21.7. The molecular formula is C28H24F6N2O5. The first-order valence-corrected chi connectivity index (χ1v) is 11.9. The van der Waals surface area contributed by atoms with Crippen LogP contribution >= 0.6 is 0 Å². The highest BCUT2D eigenvalue weighted by Gasteiger charge is 2.31. The molecule has 0 spiro atoms. The van der Waals surface area contributed by atoms with Gasteiger partial charge in [-0.15, -0.1) is 13.2 Å². The number of hydrogen-bond donors (Lipinski definition) is 1. The highest BCUT2D eigenvalue weighted by Crippen LogP contribution is 2.28. The zero-order valence-corrected chi connectivity index (χ0v) is 21.7. The number of halogens is 6. The average Bonchev–Trinajstić information content (AvgIpc) is 3.28. The molecule has 0 saturated heterocycles. The standard InChI is InChI=1S/C28H24F6N2O5/c1-3-5-19(27(29,30)31)6-4-7-25-35-20(15-36(25)21-8-10-22(11-9-21)41-28(32,33)34)16-39-23-12-13-24(18(2)14-23)40-17-26(37)38/h3-15H,16-17H2,1-2H3,(H,37,38)/b5-3-,7-4+,19-6+. The molecule has 1 N–H and O–H groups in total. The van der Waals surface area contributed by atoms with Gasteiger partial charge in [0, 0.05) is 11.9 Å². The van der Waals surface area contributed by atoms with Crippen molar-refractivity contribution in [2.24, 2.45) is 0 Å². The number of aliphatic carboxylic acids is 1. The molecule has 0 fully saturated rings. The zero-order chi connectivity index (χ0) is 30.2. The molecule has 0 radical (unpaired) electrons. The predicted octanol–water partition coefficient (Wildman–Crippen LogP) is 7.20. The van der Waals surface area contributed by atoms with E-state index >= 15 is 0 Å². The number of aryl methyl sites for hydroxylation is 1. The number of benzene rings is 2. The van der Waals surface area contributed by atoms with Gasteiger partial charge in [0.25, 0.3) is 0 Å². The second-order valence-electron chi connectivity index (χ2n) is 8.38. The molecule has 7 nitrogen and oxygen atoms in total. The lowest BCUT2D eigenvalue weighted by Gasteiger charge is -2.10. The minimum atomic E-state index is -4.87. The van der Waals surface area contributed by atoms with Gasteiger partial charge in [-0.2, -0.15) is 13.2 Å². The molecule has 3 rings (SSSR count). The van der Waals surface area contributed by atoms with E-state index in [0.717, 1.165) is 30.4 Å². The summed E-state index contributed by atoms with van der Waals surface area (Å²) in [6.07, 6.45) is -2.42. The van der Waals surface area contributed by atoms with Crippen LogP contribution in [-0.4, -0.2) is 39.8 Å². The van der Waals surface area contributed by atoms with E-state index in [1.54, 1.807) is 25.1 Å². The number of carboxylic acid groups (broad SMARTS) is 1. The first-order valence-electron chi connectivity index (χ1n) is 11.9. The summed E-state index contributed by atoms with van der Waals surface area (Å²) in [4.78, 5) is 15.1. The molecule has 0 amide bonds. The lowest BCUT2D eigenvalue weighted by Crippen LogP contribution is -2.17. The number of rotatable bonds is 11. The summed E-state index contributed by atoms with van der Waals surface area (Å²) < 4.78 is 93.6. The van der Waals surface area contributed by atoms with Crippen LogP contribution in [0.2, 0.25) is 0 Å². The Bertz CT molecular complexity index is 1440. The molecule has 0 aliphatic heterocycles. The maximum absolute atomic E-state index is 13.2. The van der Waals surface area contributed by atoms with Crippen LogP contribution in [0.1, 0.15) is 24.0 Å². The number of ether oxygens (including phenoxy) is 3. The summed E-state index contributed by atoms with van der Waals surface area (Å²) in [7, 11) is 0. The Balaban J connectivity index is 1.88. The highest BCUT2D eigenvalue weighted by atomic mass is 19.4. The van der Waals surface area contributed by atoms with Crippen molar-refractivity contribution in [1.82, 2.24) is 9.55 Å². The molecule has 1 aromatic heterocycles. The maximum Gasteiger partial charge on any atom is 0.573 e. The van der Waals surface area contributed by atoms with Crippen LogP contribution in [0.3, 0.4) is 0 Å². The number of carboxylic acids is 1. The van der Waals surface area contributed by atoms with Crippen molar-refractivity contribution in [3.8, 4) is 22.9 Å². The second-order valence-corrected chi connectivity index (χ2v) is 8.38. The fraction of sp³-hybridized carbons (Fsp3) is 0.214. The topological polar surface area (TPSA) is 82.8 Å². The number of aromatic nitrogens is 2.